The lowest BCUT2D eigenvalue weighted by atomic mass is 10.0. The topological polar surface area (TPSA) is 73.3 Å². The zero-order valence-electron chi connectivity index (χ0n) is 16.5. The van der Waals surface area contributed by atoms with Gasteiger partial charge in [-0.1, -0.05) is 12.1 Å². The molecule has 2 aromatic rings. The molecule has 0 aliphatic carbocycles. The van der Waals surface area contributed by atoms with Gasteiger partial charge in [-0.05, 0) is 25.8 Å². The minimum atomic E-state index is -4.79. The summed E-state index contributed by atoms with van der Waals surface area (Å²) in [5.41, 5.74) is -0.538. The van der Waals surface area contributed by atoms with Crippen molar-refractivity contribution in [3.8, 4) is 0 Å². The van der Waals surface area contributed by atoms with Crippen LogP contribution in [-0.2, 0) is 33.4 Å². The average Bonchev–Trinajstić information content (AvgIpc) is 3.20. The van der Waals surface area contributed by atoms with Gasteiger partial charge in [0.05, 0.1) is 30.9 Å². The highest BCUT2D eigenvalue weighted by Gasteiger charge is 2.35. The van der Waals surface area contributed by atoms with Crippen molar-refractivity contribution < 1.29 is 31.8 Å². The predicted octanol–water partition coefficient (Wildman–Crippen LogP) is 4.12. The van der Waals surface area contributed by atoms with E-state index < -0.39 is 23.5 Å². The molecule has 162 valence electrons. The smallest absolute Gasteiger partial charge is 0.419 e. The van der Waals surface area contributed by atoms with E-state index in [2.05, 4.69) is 15.3 Å². The number of hydrogen-bond donors (Lipinski definition) is 1. The second-order valence-electron chi connectivity index (χ2n) is 6.86. The van der Waals surface area contributed by atoms with Crippen molar-refractivity contribution in [1.82, 2.24) is 9.97 Å². The van der Waals surface area contributed by atoms with Crippen LogP contribution in [0.25, 0.3) is 0 Å². The van der Waals surface area contributed by atoms with E-state index in [9.17, 15) is 22.4 Å². The van der Waals surface area contributed by atoms with E-state index in [0.29, 0.717) is 42.0 Å². The highest BCUT2D eigenvalue weighted by molar-refractivity contribution is 5.73. The number of rotatable bonds is 6. The Morgan fingerprint density at radius 2 is 2.10 bits per heavy atom. The third-order valence-electron chi connectivity index (χ3n) is 4.76. The Kier molecular flexibility index (Phi) is 6.55. The van der Waals surface area contributed by atoms with Crippen LogP contribution >= 0.6 is 0 Å². The molecule has 1 unspecified atom stereocenters. The molecule has 1 aliphatic rings. The minimum absolute atomic E-state index is 0.109. The van der Waals surface area contributed by atoms with Crippen molar-refractivity contribution in [3.05, 3.63) is 52.2 Å². The number of halogens is 4. The van der Waals surface area contributed by atoms with Gasteiger partial charge in [0.2, 0.25) is 0 Å². The first-order valence-electron chi connectivity index (χ1n) is 9.35. The van der Waals surface area contributed by atoms with Crippen LogP contribution in [0.3, 0.4) is 0 Å². The van der Waals surface area contributed by atoms with Gasteiger partial charge in [0.25, 0.3) is 0 Å². The summed E-state index contributed by atoms with van der Waals surface area (Å²) < 4.78 is 63.8. The van der Waals surface area contributed by atoms with Crippen molar-refractivity contribution in [2.45, 2.75) is 45.0 Å². The summed E-state index contributed by atoms with van der Waals surface area (Å²) in [4.78, 5) is 20.5. The second kappa shape index (κ2) is 8.95. The quantitative estimate of drug-likeness (QED) is 0.552. The molecule has 6 nitrogen and oxygen atoms in total. The van der Waals surface area contributed by atoms with Gasteiger partial charge in [0.15, 0.2) is 0 Å². The van der Waals surface area contributed by atoms with Crippen LogP contribution in [0.4, 0.5) is 23.4 Å². The van der Waals surface area contributed by atoms with E-state index >= 15 is 0 Å². The van der Waals surface area contributed by atoms with Crippen molar-refractivity contribution in [2.75, 3.05) is 19.0 Å². The number of benzene rings is 1. The first-order chi connectivity index (χ1) is 14.2. The van der Waals surface area contributed by atoms with Crippen LogP contribution in [0.15, 0.2) is 18.2 Å². The Balaban J connectivity index is 1.95. The number of anilines is 1. The summed E-state index contributed by atoms with van der Waals surface area (Å²) in [7, 11) is 1.26. The number of hydrogen-bond acceptors (Lipinski definition) is 6. The maximum atomic E-state index is 14.4. The van der Waals surface area contributed by atoms with E-state index in [1.54, 1.807) is 6.92 Å². The molecule has 0 radical (unpaired) electrons. The molecule has 0 bridgehead atoms. The van der Waals surface area contributed by atoms with Gasteiger partial charge in [-0.15, -0.1) is 0 Å². The molecule has 1 atom stereocenters. The number of carbonyl (C=O) groups is 1. The van der Waals surface area contributed by atoms with Crippen molar-refractivity contribution in [1.29, 1.82) is 0 Å². The monoisotopic (exact) mass is 427 g/mol. The number of methoxy groups -OCH3 is 1. The molecule has 3 rings (SSSR count). The van der Waals surface area contributed by atoms with Crippen LogP contribution in [0, 0.1) is 12.7 Å². The molecule has 30 heavy (non-hydrogen) atoms. The fourth-order valence-corrected chi connectivity index (χ4v) is 3.38. The molecule has 2 heterocycles. The maximum absolute atomic E-state index is 14.4. The van der Waals surface area contributed by atoms with Crippen molar-refractivity contribution >= 4 is 11.8 Å². The summed E-state index contributed by atoms with van der Waals surface area (Å²) >= 11 is 0. The van der Waals surface area contributed by atoms with Gasteiger partial charge in [-0.2, -0.15) is 13.2 Å². The van der Waals surface area contributed by atoms with Crippen molar-refractivity contribution in [3.63, 3.8) is 0 Å². The predicted molar refractivity (Wildman–Crippen MR) is 99.1 cm³/mol. The first-order valence-corrected chi connectivity index (χ1v) is 9.35. The van der Waals surface area contributed by atoms with Crippen LogP contribution in [0.2, 0.25) is 0 Å². The van der Waals surface area contributed by atoms with Gasteiger partial charge in [-0.25, -0.2) is 14.4 Å². The van der Waals surface area contributed by atoms with Gasteiger partial charge >= 0.3 is 12.1 Å². The average molecular weight is 427 g/mol. The Morgan fingerprint density at radius 3 is 2.73 bits per heavy atom. The third-order valence-corrected chi connectivity index (χ3v) is 4.76. The standard InChI is InChI=1S/C20H21F4N3O3/c1-11-26-14(9-16(28)29-2)17(15-7-4-8-30-15)19(27-11)25-10-12-5-3-6-13(18(12)21)20(22,23)24/h3,5-6,15H,4,7-10H2,1-2H3,(H,25,26,27). The normalized spacial score (nSPS) is 16.5. The van der Waals surface area contributed by atoms with E-state index in [-0.39, 0.29) is 24.6 Å². The maximum Gasteiger partial charge on any atom is 0.419 e. The van der Waals surface area contributed by atoms with E-state index in [1.807, 2.05) is 0 Å². The summed E-state index contributed by atoms with van der Waals surface area (Å²) in [5.74, 6) is -1.19. The van der Waals surface area contributed by atoms with E-state index in [0.717, 1.165) is 12.5 Å². The number of alkyl halides is 3. The second-order valence-corrected chi connectivity index (χ2v) is 6.86. The molecule has 1 aliphatic heterocycles. The van der Waals surface area contributed by atoms with Crippen LogP contribution in [0.1, 0.15) is 47.2 Å². The van der Waals surface area contributed by atoms with Crippen LogP contribution < -0.4 is 5.32 Å². The summed E-state index contributed by atoms with van der Waals surface area (Å²) in [6.45, 7) is 1.91. The molecule has 0 amide bonds. The van der Waals surface area contributed by atoms with Gasteiger partial charge in [-0.3, -0.25) is 4.79 Å². The Labute approximate surface area is 170 Å². The fourth-order valence-electron chi connectivity index (χ4n) is 3.38. The van der Waals surface area contributed by atoms with Crippen LogP contribution in [0.5, 0.6) is 0 Å². The van der Waals surface area contributed by atoms with Gasteiger partial charge in [0, 0.05) is 24.3 Å². The SMILES string of the molecule is COC(=O)Cc1nc(C)nc(NCc2cccc(C(F)(F)F)c2F)c1C1CCCO1. The number of aromatic nitrogens is 2. The van der Waals surface area contributed by atoms with E-state index in [4.69, 9.17) is 9.47 Å². The number of esters is 1. The zero-order valence-corrected chi connectivity index (χ0v) is 16.5. The third kappa shape index (κ3) is 4.86. The summed E-state index contributed by atoms with van der Waals surface area (Å²) in [6.07, 6.45) is -3.80. The number of nitrogens with one attached hydrogen (secondary N) is 1. The Hall–Kier alpha value is -2.75. The number of ether oxygens (including phenoxy) is 2. The van der Waals surface area contributed by atoms with Crippen molar-refractivity contribution in [2.24, 2.45) is 0 Å². The lowest BCUT2D eigenvalue weighted by molar-refractivity contribution is -0.140. The zero-order chi connectivity index (χ0) is 21.9. The molecule has 10 heteroatoms. The van der Waals surface area contributed by atoms with Crippen LogP contribution in [-0.4, -0.2) is 29.7 Å². The lowest BCUT2D eigenvalue weighted by Gasteiger charge is -2.20. The molecule has 1 saturated heterocycles. The molecular weight excluding hydrogens is 406 g/mol. The molecule has 1 N–H and O–H groups in total. The fraction of sp³-hybridized carbons (Fsp3) is 0.450. The van der Waals surface area contributed by atoms with E-state index in [1.165, 1.54) is 13.2 Å². The summed E-state index contributed by atoms with van der Waals surface area (Å²) in [5, 5.41) is 2.91. The molecule has 1 aromatic carbocycles. The molecule has 1 fully saturated rings. The largest absolute Gasteiger partial charge is 0.469 e. The minimum Gasteiger partial charge on any atom is -0.469 e. The lowest BCUT2D eigenvalue weighted by Crippen LogP contribution is -2.17. The Bertz CT molecular complexity index is 928. The molecule has 0 saturated carbocycles. The number of nitrogens with zero attached hydrogens (tertiary/aromatic N) is 2. The molecule has 0 spiro atoms. The number of carbonyl (C=O) groups excluding carboxylic acids is 1. The van der Waals surface area contributed by atoms with Gasteiger partial charge in [0.1, 0.15) is 17.5 Å². The number of aryl methyl sites for hydroxylation is 1. The molecular formula is C20H21F4N3O3. The van der Waals surface area contributed by atoms with Gasteiger partial charge < -0.3 is 14.8 Å². The molecule has 1 aromatic heterocycles. The summed E-state index contributed by atoms with van der Waals surface area (Å²) in [6, 6.07) is 3.12. The highest BCUT2D eigenvalue weighted by Crippen LogP contribution is 2.36. The Morgan fingerprint density at radius 1 is 1.33 bits per heavy atom. The first kappa shape index (κ1) is 21.9. The highest BCUT2D eigenvalue weighted by atomic mass is 19.4.